The maximum absolute atomic E-state index is 6.00. The van der Waals surface area contributed by atoms with Gasteiger partial charge in [-0.3, -0.25) is 0 Å². The van der Waals surface area contributed by atoms with E-state index in [1.807, 2.05) is 36.4 Å². The smallest absolute Gasteiger partial charge is 0.123 e. The average molecular weight is 278 g/mol. The van der Waals surface area contributed by atoms with Gasteiger partial charge in [-0.1, -0.05) is 17.7 Å². The number of hydrogen-bond donors (Lipinski definition) is 1. The van der Waals surface area contributed by atoms with Crippen molar-refractivity contribution in [2.24, 2.45) is 5.73 Å². The van der Waals surface area contributed by atoms with Gasteiger partial charge in [0.15, 0.2) is 0 Å². The molecule has 2 rings (SSSR count). The fourth-order valence-corrected chi connectivity index (χ4v) is 2.17. The van der Waals surface area contributed by atoms with E-state index in [4.69, 9.17) is 26.8 Å². The number of methoxy groups -OCH3 is 2. The van der Waals surface area contributed by atoms with E-state index >= 15 is 0 Å². The fourth-order valence-electron chi connectivity index (χ4n) is 1.98. The van der Waals surface area contributed by atoms with Crippen molar-refractivity contribution in [1.29, 1.82) is 0 Å². The molecule has 0 unspecified atom stereocenters. The molecule has 0 aliphatic carbocycles. The van der Waals surface area contributed by atoms with Crippen LogP contribution in [0, 0.1) is 0 Å². The van der Waals surface area contributed by atoms with E-state index in [-0.39, 0.29) is 0 Å². The van der Waals surface area contributed by atoms with Crippen LogP contribution in [0.1, 0.15) is 5.56 Å². The SMILES string of the molecule is COc1cc(OC)cc(-c2ccc(Cl)cc2CN)c1. The molecule has 2 N–H and O–H groups in total. The number of benzene rings is 2. The predicted molar refractivity (Wildman–Crippen MR) is 77.9 cm³/mol. The number of hydrogen-bond acceptors (Lipinski definition) is 3. The Bertz CT molecular complexity index is 562. The minimum absolute atomic E-state index is 0.426. The van der Waals surface area contributed by atoms with Crippen LogP contribution in [0.5, 0.6) is 11.5 Å². The van der Waals surface area contributed by atoms with Crippen molar-refractivity contribution in [1.82, 2.24) is 0 Å². The van der Waals surface area contributed by atoms with Gasteiger partial charge < -0.3 is 15.2 Å². The van der Waals surface area contributed by atoms with Crippen LogP contribution in [0.4, 0.5) is 0 Å². The van der Waals surface area contributed by atoms with Crippen molar-refractivity contribution in [2.75, 3.05) is 14.2 Å². The Labute approximate surface area is 117 Å². The molecule has 2 aromatic rings. The number of rotatable bonds is 4. The van der Waals surface area contributed by atoms with E-state index < -0.39 is 0 Å². The minimum atomic E-state index is 0.426. The molecule has 0 radical (unpaired) electrons. The van der Waals surface area contributed by atoms with Gasteiger partial charge in [-0.15, -0.1) is 0 Å². The van der Waals surface area contributed by atoms with Crippen LogP contribution >= 0.6 is 11.6 Å². The Morgan fingerprint density at radius 1 is 1.00 bits per heavy atom. The molecule has 19 heavy (non-hydrogen) atoms. The zero-order valence-electron chi connectivity index (χ0n) is 10.9. The summed E-state index contributed by atoms with van der Waals surface area (Å²) in [5.74, 6) is 1.49. The Hall–Kier alpha value is -1.71. The Morgan fingerprint density at radius 2 is 1.63 bits per heavy atom. The summed E-state index contributed by atoms with van der Waals surface area (Å²) in [5, 5.41) is 0.680. The largest absolute Gasteiger partial charge is 0.497 e. The monoisotopic (exact) mass is 277 g/mol. The molecule has 0 aliphatic rings. The first kappa shape index (κ1) is 13.7. The number of ether oxygens (including phenoxy) is 2. The predicted octanol–water partition coefficient (Wildman–Crippen LogP) is 3.48. The molecular weight excluding hydrogens is 262 g/mol. The summed E-state index contributed by atoms with van der Waals surface area (Å²) in [6.45, 7) is 0.426. The van der Waals surface area contributed by atoms with Crippen molar-refractivity contribution in [3.8, 4) is 22.6 Å². The average Bonchev–Trinajstić information content (AvgIpc) is 2.46. The Morgan fingerprint density at radius 3 is 2.16 bits per heavy atom. The Balaban J connectivity index is 2.57. The van der Waals surface area contributed by atoms with E-state index in [1.54, 1.807) is 14.2 Å². The van der Waals surface area contributed by atoms with Gasteiger partial charge in [0.25, 0.3) is 0 Å². The highest BCUT2D eigenvalue weighted by atomic mass is 35.5. The zero-order valence-corrected chi connectivity index (χ0v) is 11.7. The van der Waals surface area contributed by atoms with Crippen LogP contribution in [0.3, 0.4) is 0 Å². The highest BCUT2D eigenvalue weighted by molar-refractivity contribution is 6.30. The first-order valence-electron chi connectivity index (χ1n) is 5.90. The molecule has 0 saturated carbocycles. The lowest BCUT2D eigenvalue weighted by atomic mass is 9.99. The summed E-state index contributed by atoms with van der Waals surface area (Å²) in [6.07, 6.45) is 0. The van der Waals surface area contributed by atoms with Crippen LogP contribution in [0.25, 0.3) is 11.1 Å². The summed E-state index contributed by atoms with van der Waals surface area (Å²) in [7, 11) is 3.26. The second kappa shape index (κ2) is 5.95. The summed E-state index contributed by atoms with van der Waals surface area (Å²) in [4.78, 5) is 0. The summed E-state index contributed by atoms with van der Waals surface area (Å²) >= 11 is 6.00. The van der Waals surface area contributed by atoms with Crippen molar-refractivity contribution in [3.05, 3.63) is 47.0 Å². The van der Waals surface area contributed by atoms with Gasteiger partial charge in [0, 0.05) is 17.6 Å². The van der Waals surface area contributed by atoms with Crippen LogP contribution in [-0.2, 0) is 6.54 Å². The maximum atomic E-state index is 6.00. The molecule has 2 aromatic carbocycles. The normalized spacial score (nSPS) is 10.3. The lowest BCUT2D eigenvalue weighted by molar-refractivity contribution is 0.394. The zero-order chi connectivity index (χ0) is 13.8. The molecule has 0 spiro atoms. The standard InChI is InChI=1S/C15H16ClNO2/c1-18-13-6-10(7-14(8-13)19-2)15-4-3-12(16)5-11(15)9-17/h3-8H,9,17H2,1-2H3. The van der Waals surface area contributed by atoms with Gasteiger partial charge in [-0.25, -0.2) is 0 Å². The number of halogens is 1. The van der Waals surface area contributed by atoms with Crippen molar-refractivity contribution < 1.29 is 9.47 Å². The van der Waals surface area contributed by atoms with Crippen LogP contribution in [-0.4, -0.2) is 14.2 Å². The van der Waals surface area contributed by atoms with E-state index in [1.165, 1.54) is 0 Å². The second-order valence-corrected chi connectivity index (χ2v) is 4.54. The molecule has 0 fully saturated rings. The molecule has 0 aliphatic heterocycles. The van der Waals surface area contributed by atoms with E-state index in [2.05, 4.69) is 0 Å². The van der Waals surface area contributed by atoms with Gasteiger partial charge in [-0.05, 0) is 41.0 Å². The molecule has 100 valence electrons. The lowest BCUT2D eigenvalue weighted by Gasteiger charge is -2.12. The topological polar surface area (TPSA) is 44.5 Å². The molecule has 0 atom stereocenters. The molecule has 4 heteroatoms. The molecule has 0 aromatic heterocycles. The van der Waals surface area contributed by atoms with E-state index in [0.717, 1.165) is 28.2 Å². The van der Waals surface area contributed by atoms with Gasteiger partial charge in [0.05, 0.1) is 14.2 Å². The summed E-state index contributed by atoms with van der Waals surface area (Å²) in [5.41, 5.74) is 8.79. The maximum Gasteiger partial charge on any atom is 0.123 e. The first-order valence-corrected chi connectivity index (χ1v) is 6.27. The van der Waals surface area contributed by atoms with Gasteiger partial charge >= 0.3 is 0 Å². The highest BCUT2D eigenvalue weighted by Crippen LogP contribution is 2.32. The molecule has 0 heterocycles. The lowest BCUT2D eigenvalue weighted by Crippen LogP contribution is -1.99. The molecule has 0 amide bonds. The fraction of sp³-hybridized carbons (Fsp3) is 0.200. The van der Waals surface area contributed by atoms with Crippen LogP contribution in [0.2, 0.25) is 5.02 Å². The summed E-state index contributed by atoms with van der Waals surface area (Å²) in [6, 6.07) is 11.4. The quantitative estimate of drug-likeness (QED) is 0.930. The van der Waals surface area contributed by atoms with E-state index in [0.29, 0.717) is 11.6 Å². The van der Waals surface area contributed by atoms with Crippen molar-refractivity contribution in [3.63, 3.8) is 0 Å². The van der Waals surface area contributed by atoms with Gasteiger partial charge in [-0.2, -0.15) is 0 Å². The van der Waals surface area contributed by atoms with Gasteiger partial charge in [0.1, 0.15) is 11.5 Å². The van der Waals surface area contributed by atoms with Crippen LogP contribution < -0.4 is 15.2 Å². The first-order chi connectivity index (χ1) is 9.17. The summed E-state index contributed by atoms with van der Waals surface area (Å²) < 4.78 is 10.6. The second-order valence-electron chi connectivity index (χ2n) is 4.11. The molecule has 0 bridgehead atoms. The third-order valence-corrected chi connectivity index (χ3v) is 3.18. The van der Waals surface area contributed by atoms with Gasteiger partial charge in [0.2, 0.25) is 0 Å². The minimum Gasteiger partial charge on any atom is -0.497 e. The van der Waals surface area contributed by atoms with Crippen molar-refractivity contribution >= 4 is 11.6 Å². The van der Waals surface area contributed by atoms with Crippen molar-refractivity contribution in [2.45, 2.75) is 6.54 Å². The Kier molecular flexibility index (Phi) is 4.30. The van der Waals surface area contributed by atoms with Crippen LogP contribution in [0.15, 0.2) is 36.4 Å². The number of nitrogens with two attached hydrogens (primary N) is 1. The molecular formula is C15H16ClNO2. The van der Waals surface area contributed by atoms with E-state index in [9.17, 15) is 0 Å². The molecule has 3 nitrogen and oxygen atoms in total. The third-order valence-electron chi connectivity index (χ3n) is 2.95. The highest BCUT2D eigenvalue weighted by Gasteiger charge is 2.08. The third kappa shape index (κ3) is 3.00. The molecule has 0 saturated heterocycles.